The van der Waals surface area contributed by atoms with Crippen LogP contribution in [-0.2, 0) is 0 Å². The lowest BCUT2D eigenvalue weighted by molar-refractivity contribution is 0.975. The summed E-state index contributed by atoms with van der Waals surface area (Å²) in [6.45, 7) is 5.93. The fourth-order valence-corrected chi connectivity index (χ4v) is 1.87. The van der Waals surface area contributed by atoms with Crippen molar-refractivity contribution in [3.8, 4) is 0 Å². The molecule has 0 aliphatic carbocycles. The SMILES string of the molecule is Cc1ccc2c(C)cc(=O)n(N)c2c1C. The van der Waals surface area contributed by atoms with Crippen LogP contribution in [0.5, 0.6) is 0 Å². The Labute approximate surface area is 88.1 Å². The third-order valence-corrected chi connectivity index (χ3v) is 2.94. The van der Waals surface area contributed by atoms with Crippen LogP contribution in [0.25, 0.3) is 10.9 Å². The molecular weight excluding hydrogens is 188 g/mol. The molecule has 0 aliphatic rings. The van der Waals surface area contributed by atoms with Gasteiger partial charge >= 0.3 is 0 Å². The molecule has 1 aromatic carbocycles. The van der Waals surface area contributed by atoms with E-state index < -0.39 is 0 Å². The standard InChI is InChI=1S/C12H14N2O/c1-7-4-5-10-8(2)6-11(15)14(13)12(10)9(7)3/h4-6H,13H2,1-3H3. The van der Waals surface area contributed by atoms with Gasteiger partial charge < -0.3 is 5.84 Å². The van der Waals surface area contributed by atoms with Crippen LogP contribution in [0.2, 0.25) is 0 Å². The number of nitrogens with zero attached hydrogens (tertiary/aromatic N) is 1. The summed E-state index contributed by atoms with van der Waals surface area (Å²) < 4.78 is 1.23. The zero-order valence-corrected chi connectivity index (χ0v) is 9.16. The topological polar surface area (TPSA) is 48.0 Å². The summed E-state index contributed by atoms with van der Waals surface area (Å²) in [5.74, 6) is 5.76. The van der Waals surface area contributed by atoms with Gasteiger partial charge in [0.05, 0.1) is 5.52 Å². The number of benzene rings is 1. The fraction of sp³-hybridized carbons (Fsp3) is 0.250. The van der Waals surface area contributed by atoms with Crippen LogP contribution >= 0.6 is 0 Å². The van der Waals surface area contributed by atoms with Crippen LogP contribution in [0.1, 0.15) is 16.7 Å². The Morgan fingerprint density at radius 2 is 1.80 bits per heavy atom. The molecule has 2 aromatic rings. The van der Waals surface area contributed by atoms with E-state index in [-0.39, 0.29) is 5.56 Å². The molecule has 0 spiro atoms. The van der Waals surface area contributed by atoms with Gasteiger partial charge in [-0.2, -0.15) is 0 Å². The van der Waals surface area contributed by atoms with Crippen molar-refractivity contribution >= 4 is 10.9 Å². The maximum atomic E-state index is 11.6. The first-order valence-electron chi connectivity index (χ1n) is 4.90. The lowest BCUT2D eigenvalue weighted by Crippen LogP contribution is -2.27. The lowest BCUT2D eigenvalue weighted by Gasteiger charge is -2.11. The molecule has 0 saturated carbocycles. The summed E-state index contributed by atoms with van der Waals surface area (Å²) in [5, 5.41) is 1.04. The number of fused-ring (bicyclic) bond motifs is 1. The average Bonchev–Trinajstić information content (AvgIpc) is 2.19. The molecule has 0 aliphatic heterocycles. The second-order valence-corrected chi connectivity index (χ2v) is 3.94. The largest absolute Gasteiger partial charge is 0.336 e. The van der Waals surface area contributed by atoms with Gasteiger partial charge in [0.1, 0.15) is 0 Å². The van der Waals surface area contributed by atoms with Crippen molar-refractivity contribution in [1.82, 2.24) is 4.68 Å². The van der Waals surface area contributed by atoms with Crippen LogP contribution in [-0.4, -0.2) is 4.68 Å². The Balaban J connectivity index is 3.11. The molecule has 2 rings (SSSR count). The summed E-state index contributed by atoms with van der Waals surface area (Å²) in [6, 6.07) is 5.63. The van der Waals surface area contributed by atoms with Crippen molar-refractivity contribution in [2.24, 2.45) is 0 Å². The summed E-state index contributed by atoms with van der Waals surface area (Å²) in [5.41, 5.74) is 3.86. The lowest BCUT2D eigenvalue weighted by atomic mass is 10.0. The molecule has 78 valence electrons. The van der Waals surface area contributed by atoms with Crippen LogP contribution in [0, 0.1) is 20.8 Å². The van der Waals surface area contributed by atoms with Crippen LogP contribution < -0.4 is 11.4 Å². The minimum absolute atomic E-state index is 0.159. The van der Waals surface area contributed by atoms with E-state index in [0.29, 0.717) is 0 Å². The predicted molar refractivity (Wildman–Crippen MR) is 62.6 cm³/mol. The number of aryl methyl sites for hydroxylation is 3. The average molecular weight is 202 g/mol. The molecule has 2 N–H and O–H groups in total. The van der Waals surface area contributed by atoms with Crippen LogP contribution in [0.15, 0.2) is 23.0 Å². The maximum absolute atomic E-state index is 11.6. The highest BCUT2D eigenvalue weighted by Crippen LogP contribution is 2.21. The first-order chi connectivity index (χ1) is 7.02. The van der Waals surface area contributed by atoms with Crippen molar-refractivity contribution in [2.75, 3.05) is 5.84 Å². The van der Waals surface area contributed by atoms with Crippen molar-refractivity contribution < 1.29 is 0 Å². The zero-order chi connectivity index (χ0) is 11.2. The van der Waals surface area contributed by atoms with Crippen molar-refractivity contribution in [2.45, 2.75) is 20.8 Å². The van der Waals surface area contributed by atoms with Gasteiger partial charge in [0, 0.05) is 11.5 Å². The monoisotopic (exact) mass is 202 g/mol. The Hall–Kier alpha value is -1.77. The Bertz CT molecular complexity index is 597. The molecular formula is C12H14N2O. The number of aromatic nitrogens is 1. The molecule has 1 aromatic heterocycles. The zero-order valence-electron chi connectivity index (χ0n) is 9.16. The highest BCUT2D eigenvalue weighted by molar-refractivity contribution is 5.86. The summed E-state index contributed by atoms with van der Waals surface area (Å²) in [6.07, 6.45) is 0. The first-order valence-corrected chi connectivity index (χ1v) is 4.90. The molecule has 3 heteroatoms. The van der Waals surface area contributed by atoms with Gasteiger partial charge in [0.15, 0.2) is 0 Å². The van der Waals surface area contributed by atoms with Gasteiger partial charge in [0.2, 0.25) is 0 Å². The highest BCUT2D eigenvalue weighted by atomic mass is 16.1. The van der Waals surface area contributed by atoms with Gasteiger partial charge in [-0.25, -0.2) is 4.68 Å². The number of rotatable bonds is 0. The molecule has 0 bridgehead atoms. The summed E-state index contributed by atoms with van der Waals surface area (Å²) >= 11 is 0. The van der Waals surface area contributed by atoms with E-state index in [9.17, 15) is 4.79 Å². The van der Waals surface area contributed by atoms with Gasteiger partial charge in [-0.3, -0.25) is 4.79 Å². The molecule has 0 radical (unpaired) electrons. The molecule has 15 heavy (non-hydrogen) atoms. The van der Waals surface area contributed by atoms with Crippen molar-refractivity contribution in [1.29, 1.82) is 0 Å². The number of hydrogen-bond donors (Lipinski definition) is 1. The van der Waals surface area contributed by atoms with E-state index >= 15 is 0 Å². The number of hydrogen-bond acceptors (Lipinski definition) is 2. The molecule has 1 heterocycles. The summed E-state index contributed by atoms with van der Waals surface area (Å²) in [4.78, 5) is 11.6. The van der Waals surface area contributed by atoms with Crippen molar-refractivity contribution in [3.63, 3.8) is 0 Å². The van der Waals surface area contributed by atoms with Crippen LogP contribution in [0.3, 0.4) is 0 Å². The van der Waals surface area contributed by atoms with Gasteiger partial charge in [-0.1, -0.05) is 12.1 Å². The van der Waals surface area contributed by atoms with Crippen molar-refractivity contribution in [3.05, 3.63) is 45.2 Å². The third kappa shape index (κ3) is 1.31. The molecule has 0 amide bonds. The molecule has 0 atom stereocenters. The van der Waals surface area contributed by atoms with E-state index in [2.05, 4.69) is 6.07 Å². The number of nitrogens with two attached hydrogens (primary N) is 1. The van der Waals surface area contributed by atoms with Crippen LogP contribution in [0.4, 0.5) is 0 Å². The predicted octanol–water partition coefficient (Wildman–Crippen LogP) is 1.64. The second-order valence-electron chi connectivity index (χ2n) is 3.94. The molecule has 0 unspecified atom stereocenters. The number of pyridine rings is 1. The maximum Gasteiger partial charge on any atom is 0.269 e. The smallest absolute Gasteiger partial charge is 0.269 e. The Morgan fingerprint density at radius 3 is 2.47 bits per heavy atom. The minimum atomic E-state index is -0.159. The second kappa shape index (κ2) is 3.12. The van der Waals surface area contributed by atoms with E-state index in [1.165, 1.54) is 4.68 Å². The van der Waals surface area contributed by atoms with E-state index in [0.717, 1.165) is 27.6 Å². The first kappa shape index (κ1) is 9.77. The normalized spacial score (nSPS) is 10.9. The highest BCUT2D eigenvalue weighted by Gasteiger charge is 2.07. The molecule has 0 fully saturated rings. The van der Waals surface area contributed by atoms with Gasteiger partial charge in [-0.05, 0) is 37.5 Å². The summed E-state index contributed by atoms with van der Waals surface area (Å²) in [7, 11) is 0. The van der Waals surface area contributed by atoms with E-state index in [4.69, 9.17) is 5.84 Å². The van der Waals surface area contributed by atoms with E-state index in [1.807, 2.05) is 26.8 Å². The third-order valence-electron chi connectivity index (χ3n) is 2.94. The van der Waals surface area contributed by atoms with Gasteiger partial charge in [0.25, 0.3) is 5.56 Å². The Morgan fingerprint density at radius 1 is 1.13 bits per heavy atom. The number of nitrogen functional groups attached to an aromatic ring is 1. The fourth-order valence-electron chi connectivity index (χ4n) is 1.87. The quantitative estimate of drug-likeness (QED) is 0.660. The minimum Gasteiger partial charge on any atom is -0.336 e. The Kier molecular flexibility index (Phi) is 2.03. The molecule has 0 saturated heterocycles. The molecule has 3 nitrogen and oxygen atoms in total. The van der Waals surface area contributed by atoms with E-state index in [1.54, 1.807) is 6.07 Å². The van der Waals surface area contributed by atoms with Gasteiger partial charge in [-0.15, -0.1) is 0 Å².